The summed E-state index contributed by atoms with van der Waals surface area (Å²) in [7, 11) is 0. The summed E-state index contributed by atoms with van der Waals surface area (Å²) in [5, 5.41) is 8.42. The van der Waals surface area contributed by atoms with Gasteiger partial charge in [0.15, 0.2) is 17.4 Å². The summed E-state index contributed by atoms with van der Waals surface area (Å²) in [6, 6.07) is 14.1. The van der Waals surface area contributed by atoms with Crippen molar-refractivity contribution in [3.05, 3.63) is 77.1 Å². The zero-order valence-electron chi connectivity index (χ0n) is 22.1. The van der Waals surface area contributed by atoms with Crippen LogP contribution in [0, 0.1) is 13.8 Å². The minimum absolute atomic E-state index is 0.117. The van der Waals surface area contributed by atoms with Crippen LogP contribution >= 0.6 is 0 Å². The molecule has 39 heavy (non-hydrogen) atoms. The molecule has 1 aliphatic heterocycles. The van der Waals surface area contributed by atoms with Gasteiger partial charge in [0.2, 0.25) is 5.88 Å². The number of rotatable bonds is 8. The fourth-order valence-electron chi connectivity index (χ4n) is 4.20. The van der Waals surface area contributed by atoms with Gasteiger partial charge in [0, 0.05) is 6.42 Å². The number of ether oxygens (including phenoxy) is 4. The molecule has 2 aromatic carbocycles. The smallest absolute Gasteiger partial charge is 0.338 e. The minimum Gasteiger partial charge on any atom is -0.473 e. The summed E-state index contributed by atoms with van der Waals surface area (Å²) < 4.78 is 24.8. The van der Waals surface area contributed by atoms with Gasteiger partial charge in [0.1, 0.15) is 25.1 Å². The summed E-state index contributed by atoms with van der Waals surface area (Å²) in [6.07, 6.45) is -0.657. The standard InChI is InChI=1S/C28H29N5O6/c1-16(2)37-26-24-25(29-15-30-26)33(32-31-24)23-13-21(39-28(35)20-11-7-18(4)8-12-20)22(38-23)14-36-27(34)19-9-5-17(3)6-10-19/h5-12,15-16,21-23H,13-14H2,1-4H3/t21-,22+,23+/m0/s1. The van der Waals surface area contributed by atoms with Crippen LogP contribution < -0.4 is 4.74 Å². The Morgan fingerprint density at radius 1 is 0.974 bits per heavy atom. The maximum atomic E-state index is 12.9. The fraction of sp³-hybridized carbons (Fsp3) is 0.357. The molecule has 1 aliphatic rings. The SMILES string of the molecule is Cc1ccc(C(=O)OC[C@H]2O[C@@H](n3nnc4c(OC(C)C)ncnc43)C[C@@H]2OC(=O)c2ccc(C)cc2)cc1. The third-order valence-electron chi connectivity index (χ3n) is 6.24. The highest BCUT2D eigenvalue weighted by Gasteiger charge is 2.41. The van der Waals surface area contributed by atoms with Crippen molar-refractivity contribution in [3.8, 4) is 5.88 Å². The van der Waals surface area contributed by atoms with Crippen LogP contribution in [0.4, 0.5) is 0 Å². The van der Waals surface area contributed by atoms with Gasteiger partial charge in [-0.15, -0.1) is 5.10 Å². The number of benzene rings is 2. The molecule has 0 saturated carbocycles. The van der Waals surface area contributed by atoms with Gasteiger partial charge in [0.25, 0.3) is 0 Å². The Hall–Kier alpha value is -4.38. The first-order chi connectivity index (χ1) is 18.8. The van der Waals surface area contributed by atoms with E-state index in [2.05, 4.69) is 20.3 Å². The lowest BCUT2D eigenvalue weighted by Gasteiger charge is -2.19. The number of carbonyl (C=O) groups excluding carboxylic acids is 2. The van der Waals surface area contributed by atoms with Gasteiger partial charge >= 0.3 is 11.9 Å². The molecule has 0 spiro atoms. The summed E-state index contributed by atoms with van der Waals surface area (Å²) in [4.78, 5) is 34.1. The van der Waals surface area contributed by atoms with Crippen molar-refractivity contribution < 1.29 is 28.5 Å². The molecule has 3 heterocycles. The van der Waals surface area contributed by atoms with Gasteiger partial charge in [-0.25, -0.2) is 14.6 Å². The van der Waals surface area contributed by atoms with Crippen LogP contribution in [0.2, 0.25) is 0 Å². The molecule has 0 radical (unpaired) electrons. The second-order valence-electron chi connectivity index (χ2n) is 9.69. The molecule has 2 aromatic heterocycles. The third kappa shape index (κ3) is 5.88. The molecule has 1 saturated heterocycles. The van der Waals surface area contributed by atoms with Crippen LogP contribution in [0.25, 0.3) is 11.2 Å². The van der Waals surface area contributed by atoms with E-state index in [1.54, 1.807) is 24.3 Å². The highest BCUT2D eigenvalue weighted by Crippen LogP contribution is 2.33. The zero-order valence-corrected chi connectivity index (χ0v) is 22.1. The molecule has 0 bridgehead atoms. The molecule has 11 nitrogen and oxygen atoms in total. The van der Waals surface area contributed by atoms with Gasteiger partial charge in [-0.1, -0.05) is 40.6 Å². The first-order valence-electron chi connectivity index (χ1n) is 12.7. The van der Waals surface area contributed by atoms with Gasteiger partial charge in [0.05, 0.1) is 17.2 Å². The van der Waals surface area contributed by atoms with Gasteiger partial charge in [-0.3, -0.25) is 0 Å². The Kier molecular flexibility index (Phi) is 7.51. The normalized spacial score (nSPS) is 18.8. The molecular weight excluding hydrogens is 502 g/mol. The van der Waals surface area contributed by atoms with E-state index in [1.807, 2.05) is 52.0 Å². The second kappa shape index (κ2) is 11.2. The number of nitrogens with zero attached hydrogens (tertiary/aromatic N) is 5. The number of esters is 2. The van der Waals surface area contributed by atoms with Crippen LogP contribution in [0.1, 0.15) is 58.3 Å². The monoisotopic (exact) mass is 531 g/mol. The summed E-state index contributed by atoms with van der Waals surface area (Å²) >= 11 is 0. The Balaban J connectivity index is 1.37. The highest BCUT2D eigenvalue weighted by molar-refractivity contribution is 5.90. The molecule has 3 atom stereocenters. The van der Waals surface area contributed by atoms with Crippen LogP contribution in [-0.2, 0) is 14.2 Å². The Morgan fingerprint density at radius 3 is 2.26 bits per heavy atom. The summed E-state index contributed by atoms with van der Waals surface area (Å²) in [5.41, 5.74) is 3.68. The maximum absolute atomic E-state index is 12.9. The van der Waals surface area contributed by atoms with Gasteiger partial charge in [-0.05, 0) is 52.0 Å². The molecule has 0 amide bonds. The molecule has 0 N–H and O–H groups in total. The number of aryl methyl sites for hydroxylation is 2. The van der Waals surface area contributed by atoms with Crippen molar-refractivity contribution in [1.82, 2.24) is 25.0 Å². The van der Waals surface area contributed by atoms with Crippen molar-refractivity contribution in [3.63, 3.8) is 0 Å². The van der Waals surface area contributed by atoms with Crippen LogP contribution in [0.3, 0.4) is 0 Å². The van der Waals surface area contributed by atoms with Crippen LogP contribution in [0.15, 0.2) is 54.9 Å². The van der Waals surface area contributed by atoms with E-state index in [0.717, 1.165) is 11.1 Å². The maximum Gasteiger partial charge on any atom is 0.338 e. The van der Waals surface area contributed by atoms with Crippen molar-refractivity contribution >= 4 is 23.1 Å². The largest absolute Gasteiger partial charge is 0.473 e. The van der Waals surface area contributed by atoms with Crippen molar-refractivity contribution in [1.29, 1.82) is 0 Å². The lowest BCUT2D eigenvalue weighted by atomic mass is 10.1. The lowest BCUT2D eigenvalue weighted by molar-refractivity contribution is -0.0594. The van der Waals surface area contributed by atoms with Crippen LogP contribution in [0.5, 0.6) is 5.88 Å². The molecule has 4 aromatic rings. The summed E-state index contributed by atoms with van der Waals surface area (Å²) in [6.45, 7) is 7.51. The number of hydrogen-bond donors (Lipinski definition) is 0. The average Bonchev–Trinajstić information content (AvgIpc) is 3.52. The second-order valence-corrected chi connectivity index (χ2v) is 9.69. The van der Waals surface area contributed by atoms with Crippen molar-refractivity contribution in [2.24, 2.45) is 0 Å². The van der Waals surface area contributed by atoms with Crippen LogP contribution in [-0.4, -0.2) is 61.8 Å². The Morgan fingerprint density at radius 2 is 1.62 bits per heavy atom. The molecule has 11 heteroatoms. The predicted molar refractivity (Wildman–Crippen MR) is 139 cm³/mol. The van der Waals surface area contributed by atoms with E-state index in [4.69, 9.17) is 18.9 Å². The van der Waals surface area contributed by atoms with E-state index < -0.39 is 30.4 Å². The highest BCUT2D eigenvalue weighted by atomic mass is 16.6. The van der Waals surface area contributed by atoms with Gasteiger partial charge in [-0.2, -0.15) is 9.67 Å². The predicted octanol–water partition coefficient (Wildman–Crippen LogP) is 4.00. The molecule has 1 fully saturated rings. The topological polar surface area (TPSA) is 128 Å². The van der Waals surface area contributed by atoms with Crippen molar-refractivity contribution in [2.75, 3.05) is 6.61 Å². The molecule has 0 unspecified atom stereocenters. The lowest BCUT2D eigenvalue weighted by Crippen LogP contribution is -2.32. The van der Waals surface area contributed by atoms with E-state index in [-0.39, 0.29) is 19.1 Å². The van der Waals surface area contributed by atoms with E-state index in [1.165, 1.54) is 11.0 Å². The third-order valence-corrected chi connectivity index (χ3v) is 6.24. The number of hydrogen-bond acceptors (Lipinski definition) is 10. The number of fused-ring (bicyclic) bond motifs is 1. The van der Waals surface area contributed by atoms with E-state index >= 15 is 0 Å². The number of aromatic nitrogens is 5. The fourth-order valence-corrected chi connectivity index (χ4v) is 4.20. The summed E-state index contributed by atoms with van der Waals surface area (Å²) in [5.74, 6) is -0.692. The molecule has 5 rings (SSSR count). The minimum atomic E-state index is -0.744. The molecular formula is C28H29N5O6. The van der Waals surface area contributed by atoms with E-state index in [9.17, 15) is 9.59 Å². The first-order valence-corrected chi connectivity index (χ1v) is 12.7. The Labute approximate surface area is 225 Å². The Bertz CT molecular complexity index is 1470. The first kappa shape index (κ1) is 26.2. The number of carbonyl (C=O) groups is 2. The van der Waals surface area contributed by atoms with Crippen molar-refractivity contribution in [2.45, 2.75) is 58.7 Å². The van der Waals surface area contributed by atoms with Gasteiger partial charge < -0.3 is 18.9 Å². The quantitative estimate of drug-likeness (QED) is 0.308. The molecule has 0 aliphatic carbocycles. The average molecular weight is 532 g/mol. The molecule has 202 valence electrons. The van der Waals surface area contributed by atoms with E-state index in [0.29, 0.717) is 28.2 Å². The zero-order chi connectivity index (χ0) is 27.5.